The minimum Gasteiger partial charge on any atom is -0.325 e. The van der Waals surface area contributed by atoms with Crippen LogP contribution < -0.4 is 5.32 Å². The second kappa shape index (κ2) is 11.7. The van der Waals surface area contributed by atoms with E-state index in [0.717, 1.165) is 38.5 Å². The highest BCUT2D eigenvalue weighted by atomic mass is 15.1. The predicted octanol–water partition coefficient (Wildman–Crippen LogP) is 9.53. The Balaban J connectivity index is 1.10. The maximum absolute atomic E-state index is 4.99. The number of hydrogen-bond acceptors (Lipinski definition) is 3. The molecule has 2 unspecified atom stereocenters. The fraction of sp³-hybridized carbons (Fsp3) is 0.0698. The van der Waals surface area contributed by atoms with Crippen molar-refractivity contribution in [1.29, 1.82) is 0 Å². The Morgan fingerprint density at radius 2 is 1.09 bits per heavy atom. The van der Waals surface area contributed by atoms with Crippen LogP contribution >= 0.6 is 0 Å². The SMILES string of the molecule is CC1C=CC(Nc2cccc(C#Cc3c4ccccc4cc4ccccc34)n2)=NC1C#Cc1c2ccccc2cc2ccccc12. The van der Waals surface area contributed by atoms with Crippen LogP contribution in [0.4, 0.5) is 5.82 Å². The molecule has 0 amide bonds. The largest absolute Gasteiger partial charge is 0.325 e. The van der Waals surface area contributed by atoms with Gasteiger partial charge in [-0.1, -0.05) is 134 Å². The lowest BCUT2D eigenvalue weighted by Gasteiger charge is -2.18. The Hall–Kier alpha value is -6.16. The predicted molar refractivity (Wildman–Crippen MR) is 193 cm³/mol. The molecular weight excluding hydrogens is 558 g/mol. The van der Waals surface area contributed by atoms with Crippen LogP contribution in [0.2, 0.25) is 0 Å². The third-order valence-corrected chi connectivity index (χ3v) is 8.54. The van der Waals surface area contributed by atoms with Crippen molar-refractivity contribution in [2.45, 2.75) is 13.0 Å². The smallest absolute Gasteiger partial charge is 0.132 e. The minimum atomic E-state index is -0.187. The number of dihydropyridines is 1. The van der Waals surface area contributed by atoms with Gasteiger partial charge in [0, 0.05) is 17.0 Å². The van der Waals surface area contributed by atoms with Crippen LogP contribution in [-0.4, -0.2) is 16.9 Å². The Morgan fingerprint density at radius 1 is 0.565 bits per heavy atom. The van der Waals surface area contributed by atoms with Gasteiger partial charge in [-0.3, -0.25) is 4.99 Å². The van der Waals surface area contributed by atoms with E-state index in [1.165, 1.54) is 21.5 Å². The number of aromatic nitrogens is 1. The number of rotatable bonds is 1. The van der Waals surface area contributed by atoms with Crippen molar-refractivity contribution in [2.24, 2.45) is 10.9 Å². The maximum atomic E-state index is 4.99. The van der Waals surface area contributed by atoms with E-state index in [4.69, 9.17) is 9.98 Å². The van der Waals surface area contributed by atoms with Crippen molar-refractivity contribution in [1.82, 2.24) is 4.98 Å². The lowest BCUT2D eigenvalue weighted by molar-refractivity contribution is 0.643. The van der Waals surface area contributed by atoms with Crippen LogP contribution in [0.3, 0.4) is 0 Å². The van der Waals surface area contributed by atoms with E-state index in [1.54, 1.807) is 0 Å². The van der Waals surface area contributed by atoms with Crippen molar-refractivity contribution in [3.63, 3.8) is 0 Å². The molecule has 1 aliphatic rings. The van der Waals surface area contributed by atoms with Gasteiger partial charge in [-0.25, -0.2) is 4.98 Å². The van der Waals surface area contributed by atoms with E-state index < -0.39 is 0 Å². The monoisotopic (exact) mass is 587 g/mol. The van der Waals surface area contributed by atoms with Crippen LogP contribution in [0.25, 0.3) is 43.1 Å². The van der Waals surface area contributed by atoms with Crippen LogP contribution in [0.15, 0.2) is 145 Å². The number of fused-ring (bicyclic) bond motifs is 4. The van der Waals surface area contributed by atoms with Crippen molar-refractivity contribution >= 4 is 54.7 Å². The Bertz CT molecular complexity index is 2390. The summed E-state index contributed by atoms with van der Waals surface area (Å²) in [5.41, 5.74) is 2.75. The number of amidine groups is 1. The number of hydrogen-bond donors (Lipinski definition) is 1. The number of aliphatic imine (C=N–C) groups is 1. The molecule has 1 aromatic heterocycles. The zero-order valence-electron chi connectivity index (χ0n) is 25.3. The lowest BCUT2D eigenvalue weighted by Crippen LogP contribution is -2.23. The van der Waals surface area contributed by atoms with Gasteiger partial charge in [0.15, 0.2) is 0 Å². The fourth-order valence-corrected chi connectivity index (χ4v) is 6.17. The highest BCUT2D eigenvalue weighted by Crippen LogP contribution is 2.29. The summed E-state index contributed by atoms with van der Waals surface area (Å²) in [5.74, 6) is 15.4. The average Bonchev–Trinajstić information content (AvgIpc) is 3.10. The van der Waals surface area contributed by atoms with E-state index in [2.05, 4.69) is 151 Å². The minimum absolute atomic E-state index is 0.181. The molecule has 0 saturated carbocycles. The van der Waals surface area contributed by atoms with Crippen LogP contribution in [0.5, 0.6) is 0 Å². The molecule has 0 fully saturated rings. The van der Waals surface area contributed by atoms with Gasteiger partial charge >= 0.3 is 0 Å². The second-order valence-corrected chi connectivity index (χ2v) is 11.6. The first-order chi connectivity index (χ1) is 22.7. The summed E-state index contributed by atoms with van der Waals surface area (Å²) in [6.45, 7) is 2.16. The quantitative estimate of drug-likeness (QED) is 0.153. The summed E-state index contributed by atoms with van der Waals surface area (Å²) < 4.78 is 0. The molecule has 6 aromatic carbocycles. The van der Waals surface area contributed by atoms with Crippen LogP contribution in [-0.2, 0) is 0 Å². The second-order valence-electron chi connectivity index (χ2n) is 11.6. The summed E-state index contributed by atoms with van der Waals surface area (Å²) in [7, 11) is 0. The molecule has 0 radical (unpaired) electrons. The Kier molecular flexibility index (Phi) is 6.99. The van der Waals surface area contributed by atoms with Crippen molar-refractivity contribution in [3.8, 4) is 23.7 Å². The Labute approximate surface area is 268 Å². The first kappa shape index (κ1) is 27.4. The first-order valence-corrected chi connectivity index (χ1v) is 15.5. The number of nitrogens with one attached hydrogen (secondary N) is 1. The van der Waals surface area contributed by atoms with E-state index in [0.29, 0.717) is 11.5 Å². The highest BCUT2D eigenvalue weighted by Gasteiger charge is 2.17. The van der Waals surface area contributed by atoms with Crippen LogP contribution in [0.1, 0.15) is 23.7 Å². The Morgan fingerprint density at radius 3 is 1.65 bits per heavy atom. The van der Waals surface area contributed by atoms with Gasteiger partial charge in [0.05, 0.1) is 0 Å². The maximum Gasteiger partial charge on any atom is 0.132 e. The molecule has 0 bridgehead atoms. The summed E-state index contributed by atoms with van der Waals surface area (Å²) >= 11 is 0. The molecule has 216 valence electrons. The molecule has 0 saturated heterocycles. The molecule has 3 heteroatoms. The standard InChI is InChI=1S/C43H29N3/c1-29-21-26-43(45-41(29)25-24-40-37-18-8-4-13-32(37)28-33-14-5-9-19-38(33)40)46-42-20-10-15-34(44-42)22-23-39-35-16-6-2-11-30(35)27-31-12-3-7-17-36(31)39/h2-21,26-29,41H,1H3,(H,44,45,46). The van der Waals surface area contributed by atoms with Crippen molar-refractivity contribution < 1.29 is 0 Å². The third-order valence-electron chi connectivity index (χ3n) is 8.54. The number of benzene rings is 6. The first-order valence-electron chi connectivity index (χ1n) is 15.5. The summed E-state index contributed by atoms with van der Waals surface area (Å²) in [6.07, 6.45) is 4.17. The fourth-order valence-electron chi connectivity index (χ4n) is 6.17. The van der Waals surface area contributed by atoms with Gasteiger partial charge in [0.2, 0.25) is 0 Å². The highest BCUT2D eigenvalue weighted by molar-refractivity contribution is 6.06. The molecule has 8 rings (SSSR count). The van der Waals surface area contributed by atoms with Crippen molar-refractivity contribution in [3.05, 3.63) is 156 Å². The van der Waals surface area contributed by atoms with Gasteiger partial charge in [0.25, 0.3) is 0 Å². The molecule has 1 aliphatic heterocycles. The normalized spacial score (nSPS) is 15.6. The van der Waals surface area contributed by atoms with E-state index in [9.17, 15) is 0 Å². The van der Waals surface area contributed by atoms with Gasteiger partial charge < -0.3 is 5.32 Å². The average molecular weight is 588 g/mol. The summed E-state index contributed by atoms with van der Waals surface area (Å²) in [5, 5.41) is 12.7. The molecule has 7 aromatic rings. The molecule has 2 atom stereocenters. The van der Waals surface area contributed by atoms with Crippen molar-refractivity contribution in [2.75, 3.05) is 5.32 Å². The van der Waals surface area contributed by atoms with Gasteiger partial charge in [0.1, 0.15) is 23.4 Å². The van der Waals surface area contributed by atoms with E-state index in [1.807, 2.05) is 24.3 Å². The summed E-state index contributed by atoms with van der Waals surface area (Å²) in [6, 6.07) is 43.8. The number of nitrogens with zero attached hydrogens (tertiary/aromatic N) is 2. The molecule has 0 aliphatic carbocycles. The summed E-state index contributed by atoms with van der Waals surface area (Å²) in [4.78, 5) is 9.81. The molecule has 3 nitrogen and oxygen atoms in total. The lowest BCUT2D eigenvalue weighted by atomic mass is 9.95. The van der Waals surface area contributed by atoms with E-state index in [-0.39, 0.29) is 12.0 Å². The van der Waals surface area contributed by atoms with Gasteiger partial charge in [-0.2, -0.15) is 0 Å². The van der Waals surface area contributed by atoms with E-state index >= 15 is 0 Å². The third kappa shape index (κ3) is 5.26. The van der Waals surface area contributed by atoms with Gasteiger partial charge in [-0.05, 0) is 79.4 Å². The zero-order valence-corrected chi connectivity index (χ0v) is 25.3. The molecule has 0 spiro atoms. The molecule has 46 heavy (non-hydrogen) atoms. The molecule has 1 N–H and O–H groups in total. The molecule has 2 heterocycles. The van der Waals surface area contributed by atoms with Crippen LogP contribution in [0, 0.1) is 29.6 Å². The zero-order chi connectivity index (χ0) is 30.9. The number of anilines is 1. The number of pyridine rings is 1. The van der Waals surface area contributed by atoms with Gasteiger partial charge in [-0.15, -0.1) is 0 Å². The molecular formula is C43H29N3. The topological polar surface area (TPSA) is 37.3 Å².